The molecule has 1 aromatic heterocycles. The summed E-state index contributed by atoms with van der Waals surface area (Å²) < 4.78 is 0. The van der Waals surface area contributed by atoms with Crippen LogP contribution < -0.4 is 5.73 Å². The van der Waals surface area contributed by atoms with Gasteiger partial charge in [0.1, 0.15) is 0 Å². The van der Waals surface area contributed by atoms with Crippen LogP contribution in [-0.4, -0.2) is 11.0 Å². The van der Waals surface area contributed by atoms with E-state index in [0.717, 1.165) is 25.0 Å². The summed E-state index contributed by atoms with van der Waals surface area (Å²) in [6, 6.07) is 8.82. The van der Waals surface area contributed by atoms with Crippen molar-refractivity contribution in [1.82, 2.24) is 4.98 Å². The SMILES string of the molecule is Cc1ccc(-c2csc(CCCC(C)N)n2)cc1. The average molecular weight is 260 g/mol. The van der Waals surface area contributed by atoms with Crippen molar-refractivity contribution in [1.29, 1.82) is 0 Å². The van der Waals surface area contributed by atoms with Gasteiger partial charge in [-0.3, -0.25) is 0 Å². The number of thiazole rings is 1. The van der Waals surface area contributed by atoms with E-state index in [0.29, 0.717) is 6.04 Å². The molecule has 96 valence electrons. The molecule has 2 N–H and O–H groups in total. The maximum absolute atomic E-state index is 5.75. The molecule has 2 aromatic rings. The van der Waals surface area contributed by atoms with Gasteiger partial charge >= 0.3 is 0 Å². The van der Waals surface area contributed by atoms with Gasteiger partial charge in [0.15, 0.2) is 0 Å². The molecule has 2 nitrogen and oxygen atoms in total. The molecule has 0 saturated carbocycles. The van der Waals surface area contributed by atoms with Gasteiger partial charge in [-0.2, -0.15) is 0 Å². The predicted molar refractivity (Wildman–Crippen MR) is 78.9 cm³/mol. The highest BCUT2D eigenvalue weighted by Gasteiger charge is 2.04. The number of nitrogens with two attached hydrogens (primary N) is 1. The summed E-state index contributed by atoms with van der Waals surface area (Å²) in [5.74, 6) is 0. The Kier molecular flexibility index (Phi) is 4.50. The van der Waals surface area contributed by atoms with Crippen LogP contribution in [0.5, 0.6) is 0 Å². The van der Waals surface area contributed by atoms with Crippen molar-refractivity contribution >= 4 is 11.3 Å². The zero-order valence-electron chi connectivity index (χ0n) is 11.0. The fraction of sp³-hybridized carbons (Fsp3) is 0.400. The van der Waals surface area contributed by atoms with Crippen LogP contribution in [0, 0.1) is 6.92 Å². The molecule has 0 aliphatic heterocycles. The molecule has 2 rings (SSSR count). The molecule has 0 radical (unpaired) electrons. The third-order valence-electron chi connectivity index (χ3n) is 2.95. The summed E-state index contributed by atoms with van der Waals surface area (Å²) >= 11 is 1.75. The Hall–Kier alpha value is -1.19. The minimum atomic E-state index is 0.293. The molecule has 0 aliphatic rings. The quantitative estimate of drug-likeness (QED) is 0.888. The molecule has 18 heavy (non-hydrogen) atoms. The van der Waals surface area contributed by atoms with E-state index in [-0.39, 0.29) is 0 Å². The minimum Gasteiger partial charge on any atom is -0.328 e. The summed E-state index contributed by atoms with van der Waals surface area (Å²) in [6.45, 7) is 4.16. The summed E-state index contributed by atoms with van der Waals surface area (Å²) in [6.07, 6.45) is 3.23. The van der Waals surface area contributed by atoms with E-state index in [1.54, 1.807) is 11.3 Å². The lowest BCUT2D eigenvalue weighted by molar-refractivity contribution is 0.623. The van der Waals surface area contributed by atoms with Crippen LogP contribution in [0.4, 0.5) is 0 Å². The van der Waals surface area contributed by atoms with Crippen LogP contribution in [0.15, 0.2) is 29.6 Å². The van der Waals surface area contributed by atoms with Gasteiger partial charge in [-0.1, -0.05) is 29.8 Å². The van der Waals surface area contributed by atoms with Crippen molar-refractivity contribution in [2.75, 3.05) is 0 Å². The van der Waals surface area contributed by atoms with E-state index in [9.17, 15) is 0 Å². The fourth-order valence-electron chi connectivity index (χ4n) is 1.86. The maximum atomic E-state index is 5.75. The molecule has 1 heterocycles. The lowest BCUT2D eigenvalue weighted by atomic mass is 10.1. The molecule has 0 amide bonds. The Labute approximate surface area is 113 Å². The van der Waals surface area contributed by atoms with Crippen molar-refractivity contribution in [3.8, 4) is 11.3 Å². The first-order valence-corrected chi connectivity index (χ1v) is 7.30. The van der Waals surface area contributed by atoms with E-state index in [1.807, 2.05) is 0 Å². The second kappa shape index (κ2) is 6.12. The molecule has 0 fully saturated rings. The van der Waals surface area contributed by atoms with E-state index in [2.05, 4.69) is 48.5 Å². The monoisotopic (exact) mass is 260 g/mol. The van der Waals surface area contributed by atoms with Crippen LogP contribution in [0.3, 0.4) is 0 Å². The number of nitrogens with zero attached hydrogens (tertiary/aromatic N) is 1. The van der Waals surface area contributed by atoms with Gasteiger partial charge in [0.25, 0.3) is 0 Å². The lowest BCUT2D eigenvalue weighted by Crippen LogP contribution is -2.14. The average Bonchev–Trinajstić information content (AvgIpc) is 2.78. The summed E-state index contributed by atoms with van der Waals surface area (Å²) in [7, 11) is 0. The first-order valence-electron chi connectivity index (χ1n) is 6.42. The minimum absolute atomic E-state index is 0.293. The van der Waals surface area contributed by atoms with E-state index < -0.39 is 0 Å². The zero-order valence-corrected chi connectivity index (χ0v) is 11.8. The van der Waals surface area contributed by atoms with Gasteiger partial charge in [0.2, 0.25) is 0 Å². The van der Waals surface area contributed by atoms with Gasteiger partial charge in [-0.25, -0.2) is 4.98 Å². The van der Waals surface area contributed by atoms with Crippen molar-refractivity contribution < 1.29 is 0 Å². The van der Waals surface area contributed by atoms with E-state index in [4.69, 9.17) is 5.73 Å². The van der Waals surface area contributed by atoms with Crippen LogP contribution in [-0.2, 0) is 6.42 Å². The Bertz CT molecular complexity index is 485. The Morgan fingerprint density at radius 2 is 2.00 bits per heavy atom. The van der Waals surface area contributed by atoms with Crippen molar-refractivity contribution in [3.63, 3.8) is 0 Å². The summed E-state index contributed by atoms with van der Waals surface area (Å²) in [4.78, 5) is 4.68. The smallest absolute Gasteiger partial charge is 0.0932 e. The molecule has 0 saturated heterocycles. The molecule has 1 aromatic carbocycles. The Balaban J connectivity index is 1.99. The number of benzene rings is 1. The largest absolute Gasteiger partial charge is 0.328 e. The summed E-state index contributed by atoms with van der Waals surface area (Å²) in [5, 5.41) is 3.36. The van der Waals surface area contributed by atoms with Gasteiger partial charge < -0.3 is 5.73 Å². The Morgan fingerprint density at radius 3 is 2.67 bits per heavy atom. The Morgan fingerprint density at radius 1 is 1.28 bits per heavy atom. The standard InChI is InChI=1S/C15H20N2S/c1-11-6-8-13(9-7-11)14-10-18-15(17-14)5-3-4-12(2)16/h6-10,12H,3-5,16H2,1-2H3. The highest BCUT2D eigenvalue weighted by Crippen LogP contribution is 2.23. The number of hydrogen-bond donors (Lipinski definition) is 1. The third-order valence-corrected chi connectivity index (χ3v) is 3.86. The first kappa shape index (κ1) is 13.2. The van der Waals surface area contributed by atoms with E-state index in [1.165, 1.54) is 16.1 Å². The third kappa shape index (κ3) is 3.65. The molecule has 0 bridgehead atoms. The molecule has 1 atom stereocenters. The first-order chi connectivity index (χ1) is 8.65. The number of rotatable bonds is 5. The fourth-order valence-corrected chi connectivity index (χ4v) is 2.71. The second-order valence-corrected chi connectivity index (χ2v) is 5.80. The van der Waals surface area contributed by atoms with Crippen molar-refractivity contribution in [2.24, 2.45) is 5.73 Å². The predicted octanol–water partition coefficient (Wildman–Crippen LogP) is 3.79. The van der Waals surface area contributed by atoms with Crippen molar-refractivity contribution in [2.45, 2.75) is 39.2 Å². The molecule has 0 spiro atoms. The van der Waals surface area contributed by atoms with Gasteiger partial charge in [0.05, 0.1) is 10.7 Å². The van der Waals surface area contributed by atoms with Crippen LogP contribution >= 0.6 is 11.3 Å². The normalized spacial score (nSPS) is 12.6. The zero-order chi connectivity index (χ0) is 13.0. The maximum Gasteiger partial charge on any atom is 0.0932 e. The molecular weight excluding hydrogens is 240 g/mol. The number of aromatic nitrogens is 1. The highest BCUT2D eigenvalue weighted by molar-refractivity contribution is 7.09. The van der Waals surface area contributed by atoms with Gasteiger partial charge in [-0.15, -0.1) is 11.3 Å². The molecule has 1 unspecified atom stereocenters. The molecule has 3 heteroatoms. The number of hydrogen-bond acceptors (Lipinski definition) is 3. The van der Waals surface area contributed by atoms with Gasteiger partial charge in [-0.05, 0) is 33.1 Å². The highest BCUT2D eigenvalue weighted by atomic mass is 32.1. The van der Waals surface area contributed by atoms with Crippen LogP contribution in [0.2, 0.25) is 0 Å². The number of aryl methyl sites for hydroxylation is 2. The molecule has 0 aliphatic carbocycles. The van der Waals surface area contributed by atoms with Crippen LogP contribution in [0.25, 0.3) is 11.3 Å². The topological polar surface area (TPSA) is 38.9 Å². The van der Waals surface area contributed by atoms with E-state index >= 15 is 0 Å². The second-order valence-electron chi connectivity index (χ2n) is 4.86. The molecular formula is C15H20N2S. The van der Waals surface area contributed by atoms with Crippen LogP contribution in [0.1, 0.15) is 30.3 Å². The lowest BCUT2D eigenvalue weighted by Gasteiger charge is -2.02. The summed E-state index contributed by atoms with van der Waals surface area (Å²) in [5.41, 5.74) is 9.33. The van der Waals surface area contributed by atoms with Gasteiger partial charge in [0, 0.05) is 17.0 Å². The van der Waals surface area contributed by atoms with Crippen molar-refractivity contribution in [3.05, 3.63) is 40.2 Å².